The van der Waals surface area contributed by atoms with Gasteiger partial charge in [-0.05, 0) is 6.07 Å². The van der Waals surface area contributed by atoms with E-state index in [1.165, 1.54) is 15.9 Å². The van der Waals surface area contributed by atoms with Crippen LogP contribution in [0.3, 0.4) is 0 Å². The fourth-order valence-electron chi connectivity index (χ4n) is 3.07. The summed E-state index contributed by atoms with van der Waals surface area (Å²) < 4.78 is 1.33. The van der Waals surface area contributed by atoms with E-state index in [0.29, 0.717) is 16.6 Å². The number of aryl methyl sites for hydroxylation is 1. The van der Waals surface area contributed by atoms with Crippen LogP contribution in [0.25, 0.3) is 21.5 Å². The number of carbonyl (C=O) groups excluding carboxylic acids is 1. The number of pyridine rings is 1. The van der Waals surface area contributed by atoms with E-state index in [4.69, 9.17) is 0 Å². The molecule has 2 N–H and O–H groups in total. The summed E-state index contributed by atoms with van der Waals surface area (Å²) in [5, 5.41) is 16.3. The molecule has 4 rings (SSSR count). The number of fused-ring (bicyclic) bond motifs is 1. The molecular formula is C21H17N3O3S. The van der Waals surface area contributed by atoms with E-state index in [2.05, 4.69) is 10.3 Å². The Hall–Kier alpha value is -3.45. The number of aromatic hydroxyl groups is 1. The molecular weight excluding hydrogens is 374 g/mol. The minimum atomic E-state index is -0.608. The van der Waals surface area contributed by atoms with Gasteiger partial charge in [-0.25, -0.2) is 4.98 Å². The van der Waals surface area contributed by atoms with Gasteiger partial charge in [-0.15, -0.1) is 11.3 Å². The molecule has 0 fully saturated rings. The maximum atomic E-state index is 12.7. The highest BCUT2D eigenvalue weighted by Gasteiger charge is 2.20. The summed E-state index contributed by atoms with van der Waals surface area (Å²) in [6.45, 7) is 0.200. The zero-order valence-corrected chi connectivity index (χ0v) is 15.9. The van der Waals surface area contributed by atoms with Gasteiger partial charge in [-0.2, -0.15) is 0 Å². The number of rotatable bonds is 4. The van der Waals surface area contributed by atoms with Crippen molar-refractivity contribution in [2.45, 2.75) is 6.54 Å². The second kappa shape index (κ2) is 7.28. The number of para-hydroxylation sites is 1. The molecule has 0 atom stereocenters. The van der Waals surface area contributed by atoms with Gasteiger partial charge in [0.05, 0.1) is 23.3 Å². The van der Waals surface area contributed by atoms with Crippen LogP contribution >= 0.6 is 11.3 Å². The average Bonchev–Trinajstić information content (AvgIpc) is 3.20. The van der Waals surface area contributed by atoms with Crippen LogP contribution in [0.5, 0.6) is 5.75 Å². The van der Waals surface area contributed by atoms with Crippen LogP contribution in [0.15, 0.2) is 64.8 Å². The summed E-state index contributed by atoms with van der Waals surface area (Å²) in [5.74, 6) is -1.07. The largest absolute Gasteiger partial charge is 0.502 e. The highest BCUT2D eigenvalue weighted by Crippen LogP contribution is 2.25. The van der Waals surface area contributed by atoms with Crippen molar-refractivity contribution < 1.29 is 9.90 Å². The molecule has 0 aliphatic carbocycles. The molecule has 2 aromatic heterocycles. The van der Waals surface area contributed by atoms with Crippen molar-refractivity contribution >= 4 is 28.1 Å². The number of nitrogens with one attached hydrogen (secondary N) is 1. The van der Waals surface area contributed by atoms with Crippen LogP contribution in [-0.4, -0.2) is 20.6 Å². The number of carbonyl (C=O) groups is 1. The van der Waals surface area contributed by atoms with Crippen LogP contribution in [-0.2, 0) is 13.6 Å². The van der Waals surface area contributed by atoms with Gasteiger partial charge >= 0.3 is 0 Å². The third-order valence-corrected chi connectivity index (χ3v) is 5.45. The Kier molecular flexibility index (Phi) is 4.67. The first-order chi connectivity index (χ1) is 13.6. The monoisotopic (exact) mass is 391 g/mol. The van der Waals surface area contributed by atoms with Gasteiger partial charge in [-0.3, -0.25) is 9.59 Å². The van der Waals surface area contributed by atoms with Crippen LogP contribution in [0.2, 0.25) is 0 Å². The highest BCUT2D eigenvalue weighted by atomic mass is 32.1. The maximum absolute atomic E-state index is 12.7. The van der Waals surface area contributed by atoms with Crippen molar-refractivity contribution in [3.63, 3.8) is 0 Å². The topological polar surface area (TPSA) is 84.2 Å². The van der Waals surface area contributed by atoms with Gasteiger partial charge in [0, 0.05) is 23.4 Å². The minimum absolute atomic E-state index is 0.0165. The number of hydrogen-bond donors (Lipinski definition) is 2. The summed E-state index contributed by atoms with van der Waals surface area (Å²) >= 11 is 1.50. The van der Waals surface area contributed by atoms with E-state index in [-0.39, 0.29) is 12.1 Å². The lowest BCUT2D eigenvalue weighted by atomic mass is 10.1. The predicted molar refractivity (Wildman–Crippen MR) is 110 cm³/mol. The zero-order valence-electron chi connectivity index (χ0n) is 15.0. The standard InChI is InChI=1S/C21H17N3O3S/c1-24-16-10-6-5-9-15(16)17(18(25)21(24)27)19(26)22-11-14-12-28-20(23-14)13-7-3-2-4-8-13/h2-10,12,25H,11H2,1H3,(H,22,26). The molecule has 0 aliphatic rings. The van der Waals surface area contributed by atoms with Gasteiger partial charge in [0.2, 0.25) is 0 Å². The van der Waals surface area contributed by atoms with Crippen LogP contribution in [0.1, 0.15) is 16.1 Å². The molecule has 0 saturated carbocycles. The van der Waals surface area contributed by atoms with Crippen molar-refractivity contribution in [2.75, 3.05) is 0 Å². The molecule has 1 amide bonds. The first kappa shape index (κ1) is 17.9. The lowest BCUT2D eigenvalue weighted by Crippen LogP contribution is -2.27. The molecule has 2 aromatic carbocycles. The Labute approximate surface area is 164 Å². The van der Waals surface area contributed by atoms with Crippen molar-refractivity contribution in [3.8, 4) is 16.3 Å². The first-order valence-electron chi connectivity index (χ1n) is 8.65. The third-order valence-electron chi connectivity index (χ3n) is 4.51. The lowest BCUT2D eigenvalue weighted by molar-refractivity contribution is 0.0949. The van der Waals surface area contributed by atoms with Crippen LogP contribution in [0.4, 0.5) is 0 Å². The Balaban J connectivity index is 1.60. The van der Waals surface area contributed by atoms with Gasteiger partial charge in [0.1, 0.15) is 5.01 Å². The normalized spacial score (nSPS) is 10.9. The molecule has 140 valence electrons. The fourth-order valence-corrected chi connectivity index (χ4v) is 3.90. The second-order valence-corrected chi connectivity index (χ2v) is 7.16. The molecule has 28 heavy (non-hydrogen) atoms. The molecule has 0 bridgehead atoms. The summed E-state index contributed by atoms with van der Waals surface area (Å²) in [6, 6.07) is 16.8. The lowest BCUT2D eigenvalue weighted by Gasteiger charge is -2.12. The number of amides is 1. The van der Waals surface area contributed by atoms with Gasteiger partial charge in [0.15, 0.2) is 5.75 Å². The molecule has 2 heterocycles. The quantitative estimate of drug-likeness (QED) is 0.559. The van der Waals surface area contributed by atoms with Gasteiger partial charge in [-0.1, -0.05) is 48.5 Å². The van der Waals surface area contributed by atoms with Crippen LogP contribution < -0.4 is 10.9 Å². The van der Waals surface area contributed by atoms with Crippen molar-refractivity contribution in [1.82, 2.24) is 14.9 Å². The van der Waals surface area contributed by atoms with E-state index in [0.717, 1.165) is 10.6 Å². The molecule has 7 heteroatoms. The SMILES string of the molecule is Cn1c(=O)c(O)c(C(=O)NCc2csc(-c3ccccc3)n2)c2ccccc21. The third kappa shape index (κ3) is 3.16. The molecule has 0 aliphatic heterocycles. The number of thiazole rings is 1. The molecule has 4 aromatic rings. The first-order valence-corrected chi connectivity index (χ1v) is 9.53. The van der Waals surface area contributed by atoms with E-state index in [1.54, 1.807) is 31.3 Å². The summed E-state index contributed by atoms with van der Waals surface area (Å²) in [7, 11) is 1.56. The molecule has 6 nitrogen and oxygen atoms in total. The second-order valence-electron chi connectivity index (χ2n) is 6.30. The van der Waals surface area contributed by atoms with Gasteiger partial charge < -0.3 is 15.0 Å². The summed E-state index contributed by atoms with van der Waals surface area (Å²) in [5.41, 5.74) is 1.68. The smallest absolute Gasteiger partial charge is 0.293 e. The Morgan fingerprint density at radius 1 is 1.14 bits per heavy atom. The number of hydrogen-bond acceptors (Lipinski definition) is 5. The molecule has 0 spiro atoms. The van der Waals surface area contributed by atoms with E-state index in [1.807, 2.05) is 35.7 Å². The fraction of sp³-hybridized carbons (Fsp3) is 0.0952. The number of nitrogens with zero attached hydrogens (tertiary/aromatic N) is 2. The highest BCUT2D eigenvalue weighted by molar-refractivity contribution is 7.13. The summed E-state index contributed by atoms with van der Waals surface area (Å²) in [6.07, 6.45) is 0. The Bertz CT molecular complexity index is 1230. The Morgan fingerprint density at radius 3 is 2.64 bits per heavy atom. The Morgan fingerprint density at radius 2 is 1.86 bits per heavy atom. The van der Waals surface area contributed by atoms with E-state index >= 15 is 0 Å². The minimum Gasteiger partial charge on any atom is -0.502 e. The maximum Gasteiger partial charge on any atom is 0.293 e. The van der Waals surface area contributed by atoms with Crippen molar-refractivity contribution in [2.24, 2.45) is 7.05 Å². The molecule has 0 saturated heterocycles. The predicted octanol–water partition coefficient (Wildman–Crippen LogP) is 3.30. The average molecular weight is 391 g/mol. The molecule has 0 radical (unpaired) electrons. The number of benzene rings is 2. The van der Waals surface area contributed by atoms with Gasteiger partial charge in [0.25, 0.3) is 11.5 Å². The number of aromatic nitrogens is 2. The van der Waals surface area contributed by atoms with Crippen LogP contribution in [0, 0.1) is 0 Å². The van der Waals surface area contributed by atoms with E-state index < -0.39 is 17.2 Å². The van der Waals surface area contributed by atoms with Crippen molar-refractivity contribution in [1.29, 1.82) is 0 Å². The summed E-state index contributed by atoms with van der Waals surface area (Å²) in [4.78, 5) is 29.6. The van der Waals surface area contributed by atoms with E-state index in [9.17, 15) is 14.7 Å². The van der Waals surface area contributed by atoms with Crippen molar-refractivity contribution in [3.05, 3.63) is 81.6 Å². The molecule has 0 unspecified atom stereocenters. The zero-order chi connectivity index (χ0) is 19.7.